The largest absolute Gasteiger partial charge is 0.415 e. The molecular weight excluding hydrogens is 176 g/mol. The third-order valence-electron chi connectivity index (χ3n) is 1.80. The lowest BCUT2D eigenvalue weighted by Crippen LogP contribution is -2.28. The van der Waals surface area contributed by atoms with Gasteiger partial charge in [0.25, 0.3) is 0 Å². The van der Waals surface area contributed by atoms with Crippen LogP contribution in [-0.4, -0.2) is 29.9 Å². The van der Waals surface area contributed by atoms with Gasteiger partial charge in [0.15, 0.2) is 0 Å². The van der Waals surface area contributed by atoms with E-state index in [0.717, 1.165) is 12.8 Å². The van der Waals surface area contributed by atoms with Gasteiger partial charge in [-0.2, -0.15) is 0 Å². The fourth-order valence-electron chi connectivity index (χ4n) is 1.14. The summed E-state index contributed by atoms with van der Waals surface area (Å²) in [6.07, 6.45) is 1.37. The Kier molecular flexibility index (Phi) is 3.66. The molecule has 0 aliphatic carbocycles. The molecule has 1 atom stereocenters. The number of hydrogen-bond donors (Lipinski definition) is 3. The molecule has 1 amide bonds. The molecule has 1 saturated heterocycles. The van der Waals surface area contributed by atoms with E-state index in [1.54, 1.807) is 0 Å². The number of unbranched alkanes of at least 4 members (excludes halogenated alkanes) is 1. The Morgan fingerprint density at radius 2 is 2.23 bits per heavy atom. The number of rotatable bonds is 5. The molecule has 6 heteroatoms. The van der Waals surface area contributed by atoms with Crippen LogP contribution in [0.15, 0.2) is 0 Å². The van der Waals surface area contributed by atoms with E-state index in [-0.39, 0.29) is 0 Å². The van der Waals surface area contributed by atoms with Gasteiger partial charge in [0.1, 0.15) is 6.04 Å². The smallest absolute Gasteiger partial charge is 0.375 e. The molecule has 0 radical (unpaired) electrons. The Morgan fingerprint density at radius 1 is 1.46 bits per heavy atom. The van der Waals surface area contributed by atoms with E-state index in [1.807, 2.05) is 5.48 Å². The van der Waals surface area contributed by atoms with E-state index in [1.165, 1.54) is 0 Å². The van der Waals surface area contributed by atoms with Gasteiger partial charge < -0.3 is 15.3 Å². The zero-order valence-corrected chi connectivity index (χ0v) is 7.08. The molecule has 1 aliphatic heterocycles. The SMILES string of the molecule is O=C1NC(CCCCNO)C(=O)O1. The number of esters is 1. The van der Waals surface area contributed by atoms with Crippen molar-refractivity contribution in [3.63, 3.8) is 0 Å². The molecule has 1 fully saturated rings. The maximum Gasteiger partial charge on any atom is 0.415 e. The average molecular weight is 188 g/mol. The lowest BCUT2D eigenvalue weighted by atomic mass is 10.1. The number of ether oxygens (including phenoxy) is 1. The minimum Gasteiger partial charge on any atom is -0.375 e. The normalized spacial score (nSPS) is 21.5. The molecule has 6 nitrogen and oxygen atoms in total. The number of cyclic esters (lactones) is 2. The maximum absolute atomic E-state index is 10.9. The van der Waals surface area contributed by atoms with Gasteiger partial charge in [0.05, 0.1) is 0 Å². The third kappa shape index (κ3) is 3.00. The molecule has 3 N–H and O–H groups in total. The molecule has 74 valence electrons. The first-order chi connectivity index (χ1) is 6.24. The predicted molar refractivity (Wildman–Crippen MR) is 42.1 cm³/mol. The van der Waals surface area contributed by atoms with Gasteiger partial charge in [0.2, 0.25) is 0 Å². The molecule has 13 heavy (non-hydrogen) atoms. The van der Waals surface area contributed by atoms with E-state index in [4.69, 9.17) is 5.21 Å². The molecule has 0 spiro atoms. The van der Waals surface area contributed by atoms with Crippen LogP contribution >= 0.6 is 0 Å². The number of carbonyl (C=O) groups is 2. The number of hydrogen-bond acceptors (Lipinski definition) is 5. The Balaban J connectivity index is 2.14. The monoisotopic (exact) mass is 188 g/mol. The fraction of sp³-hybridized carbons (Fsp3) is 0.714. The van der Waals surface area contributed by atoms with Crippen molar-refractivity contribution in [2.45, 2.75) is 25.3 Å². The number of alkyl carbamates (subject to hydrolysis) is 1. The van der Waals surface area contributed by atoms with Crippen molar-refractivity contribution < 1.29 is 19.5 Å². The molecule has 0 bridgehead atoms. The topological polar surface area (TPSA) is 87.7 Å². The molecule has 0 aromatic heterocycles. The van der Waals surface area contributed by atoms with Crippen molar-refractivity contribution in [2.24, 2.45) is 0 Å². The third-order valence-corrected chi connectivity index (χ3v) is 1.80. The highest BCUT2D eigenvalue weighted by Crippen LogP contribution is 2.07. The molecular formula is C7H12N2O4. The predicted octanol–water partition coefficient (Wildman–Crippen LogP) is -0.230. The Bertz CT molecular complexity index is 207. The van der Waals surface area contributed by atoms with E-state index < -0.39 is 18.1 Å². The van der Waals surface area contributed by atoms with Gasteiger partial charge >= 0.3 is 12.1 Å². The lowest BCUT2D eigenvalue weighted by molar-refractivity contribution is -0.135. The first-order valence-corrected chi connectivity index (χ1v) is 4.13. The second-order valence-electron chi connectivity index (χ2n) is 2.81. The first kappa shape index (κ1) is 9.94. The summed E-state index contributed by atoms with van der Waals surface area (Å²) in [5, 5.41) is 10.6. The minimum atomic E-state index is -0.671. The first-order valence-electron chi connectivity index (χ1n) is 4.13. The van der Waals surface area contributed by atoms with Crippen LogP contribution in [0.2, 0.25) is 0 Å². The summed E-state index contributed by atoms with van der Waals surface area (Å²) in [6.45, 7) is 0.482. The lowest BCUT2D eigenvalue weighted by Gasteiger charge is -2.03. The van der Waals surface area contributed by atoms with E-state index >= 15 is 0 Å². The highest BCUT2D eigenvalue weighted by atomic mass is 16.6. The van der Waals surface area contributed by atoms with Crippen molar-refractivity contribution in [2.75, 3.05) is 6.54 Å². The number of amides is 1. The van der Waals surface area contributed by atoms with Crippen LogP contribution in [0.25, 0.3) is 0 Å². The summed E-state index contributed by atoms with van der Waals surface area (Å²) in [4.78, 5) is 21.4. The van der Waals surface area contributed by atoms with Gasteiger partial charge in [-0.05, 0) is 19.3 Å². The molecule has 0 aromatic carbocycles. The van der Waals surface area contributed by atoms with Gasteiger partial charge in [-0.15, -0.1) is 0 Å². The zero-order chi connectivity index (χ0) is 9.68. The molecule has 0 aromatic rings. The van der Waals surface area contributed by atoms with Crippen LogP contribution in [-0.2, 0) is 9.53 Å². The number of hydroxylamine groups is 1. The van der Waals surface area contributed by atoms with Crippen molar-refractivity contribution >= 4 is 12.1 Å². The van der Waals surface area contributed by atoms with Crippen molar-refractivity contribution in [3.05, 3.63) is 0 Å². The van der Waals surface area contributed by atoms with E-state index in [9.17, 15) is 9.59 Å². The second kappa shape index (κ2) is 4.78. The van der Waals surface area contributed by atoms with Crippen molar-refractivity contribution in [3.8, 4) is 0 Å². The molecule has 0 saturated carbocycles. The van der Waals surface area contributed by atoms with Crippen LogP contribution in [0.3, 0.4) is 0 Å². The summed E-state index contributed by atoms with van der Waals surface area (Å²) < 4.78 is 4.28. The molecule has 1 aliphatic rings. The van der Waals surface area contributed by atoms with Crippen LogP contribution < -0.4 is 10.8 Å². The van der Waals surface area contributed by atoms with E-state index in [0.29, 0.717) is 13.0 Å². The van der Waals surface area contributed by atoms with Crippen LogP contribution in [0.1, 0.15) is 19.3 Å². The maximum atomic E-state index is 10.9. The molecule has 1 rings (SSSR count). The van der Waals surface area contributed by atoms with Gasteiger partial charge in [-0.1, -0.05) is 0 Å². The van der Waals surface area contributed by atoms with Crippen LogP contribution in [0, 0.1) is 0 Å². The molecule has 1 heterocycles. The summed E-state index contributed by atoms with van der Waals surface area (Å²) in [5.41, 5.74) is 2.01. The summed E-state index contributed by atoms with van der Waals surface area (Å²) in [7, 11) is 0. The Labute approximate surface area is 75.2 Å². The molecule has 1 unspecified atom stereocenters. The van der Waals surface area contributed by atoms with Crippen molar-refractivity contribution in [1.29, 1.82) is 0 Å². The highest BCUT2D eigenvalue weighted by molar-refractivity contribution is 5.95. The highest BCUT2D eigenvalue weighted by Gasteiger charge is 2.31. The van der Waals surface area contributed by atoms with Crippen LogP contribution in [0.4, 0.5) is 4.79 Å². The summed E-state index contributed by atoms with van der Waals surface area (Å²) in [5.74, 6) is -0.512. The van der Waals surface area contributed by atoms with Crippen LogP contribution in [0.5, 0.6) is 0 Å². The quantitative estimate of drug-likeness (QED) is 0.240. The van der Waals surface area contributed by atoms with E-state index in [2.05, 4.69) is 10.1 Å². The Hall–Kier alpha value is -1.14. The minimum absolute atomic E-state index is 0.482. The summed E-state index contributed by atoms with van der Waals surface area (Å²) >= 11 is 0. The number of nitrogens with one attached hydrogen (secondary N) is 2. The zero-order valence-electron chi connectivity index (χ0n) is 7.08. The fourth-order valence-corrected chi connectivity index (χ4v) is 1.14. The van der Waals surface area contributed by atoms with Gasteiger partial charge in [-0.25, -0.2) is 15.1 Å². The van der Waals surface area contributed by atoms with Gasteiger partial charge in [-0.3, -0.25) is 0 Å². The second-order valence-corrected chi connectivity index (χ2v) is 2.81. The summed E-state index contributed by atoms with van der Waals surface area (Å²) in [6, 6.07) is -0.508. The van der Waals surface area contributed by atoms with Crippen molar-refractivity contribution in [1.82, 2.24) is 10.8 Å². The average Bonchev–Trinajstić information content (AvgIpc) is 2.39. The number of carbonyl (C=O) groups excluding carboxylic acids is 2. The Morgan fingerprint density at radius 3 is 2.77 bits per heavy atom. The van der Waals surface area contributed by atoms with Gasteiger partial charge in [0, 0.05) is 6.54 Å². The standard InChI is InChI=1S/C7H12N2O4/c10-6-5(9-7(11)13-6)3-1-2-4-8-12/h5,8,12H,1-4H2,(H,9,11).